The summed E-state index contributed by atoms with van der Waals surface area (Å²) in [5.41, 5.74) is 0. The molecule has 0 N–H and O–H groups in total. The van der Waals surface area contributed by atoms with E-state index in [-0.39, 0.29) is 0 Å². The predicted molar refractivity (Wildman–Crippen MR) is 49.4 cm³/mol. The lowest BCUT2D eigenvalue weighted by molar-refractivity contribution is -1.04. The van der Waals surface area contributed by atoms with Crippen molar-refractivity contribution in [1.82, 2.24) is 0 Å². The molecule has 18 heavy (non-hydrogen) atoms. The van der Waals surface area contributed by atoms with Crippen molar-refractivity contribution in [2.24, 2.45) is 0 Å². The molecule has 16 heteroatoms. The Labute approximate surface area is 102 Å². The quantitative estimate of drug-likeness (QED) is 0.191. The maximum absolute atomic E-state index is 10.4. The molecule has 0 saturated carbocycles. The van der Waals surface area contributed by atoms with E-state index in [0.717, 1.165) is 0 Å². The molecule has 0 spiro atoms. The van der Waals surface area contributed by atoms with Crippen molar-refractivity contribution in [2.75, 3.05) is 0 Å². The lowest BCUT2D eigenvalue weighted by atomic mass is 10.3. The molecule has 0 bridgehead atoms. The molecule has 0 atom stereocenters. The molecule has 0 saturated heterocycles. The maximum Gasteiger partial charge on any atom is 0.852 e. The van der Waals surface area contributed by atoms with Gasteiger partial charge in [-0.15, -0.1) is 0 Å². The first-order valence-electron chi connectivity index (χ1n) is 3.38. The van der Waals surface area contributed by atoms with Gasteiger partial charge < -0.3 is 0 Å². The van der Waals surface area contributed by atoms with Crippen molar-refractivity contribution in [3.8, 4) is 0 Å². The largest absolute Gasteiger partial charge is 0.852 e. The van der Waals surface area contributed by atoms with E-state index in [4.69, 9.17) is 0 Å². The number of alkyl halides is 1. The summed E-state index contributed by atoms with van der Waals surface area (Å²) >= 11 is 1.52. The molecule has 15 nitrogen and oxygen atoms in total. The molecule has 0 fully saturated rings. The molecule has 0 aliphatic carbocycles. The van der Waals surface area contributed by atoms with Crippen LogP contribution in [0.15, 0.2) is 0 Å². The first-order chi connectivity index (χ1) is 7.97. The van der Waals surface area contributed by atoms with Crippen molar-refractivity contribution < 1.29 is 24.6 Å². The zero-order valence-corrected chi connectivity index (χ0v) is 9.28. The predicted octanol–water partition coefficient (Wildman–Crippen LogP) is -0.928. The Bertz CT molecular complexity index is 407. The van der Waals surface area contributed by atoms with Crippen LogP contribution >= 0.6 is 15.9 Å². The average Bonchev–Trinajstić information content (AvgIpc) is 2.15. The van der Waals surface area contributed by atoms with Gasteiger partial charge in [-0.2, -0.15) is 0 Å². The molecule has 0 radical (unpaired) electrons. The summed E-state index contributed by atoms with van der Waals surface area (Å²) in [5, 5.41) is 52.2. The Hall–Kier alpha value is -2.52. The van der Waals surface area contributed by atoms with Gasteiger partial charge in [0.15, 0.2) is 14.8 Å². The molecule has 0 heterocycles. The number of nitrogens with zero attached hydrogens (tertiary/aromatic N) is 5. The van der Waals surface area contributed by atoms with Crippen molar-refractivity contribution in [2.45, 2.75) is 10.4 Å². The summed E-state index contributed by atoms with van der Waals surface area (Å²) in [6, 6.07) is 0. The number of nitro groups is 5. The SMILES string of the molecule is O=[N+]([O-])C(Br)([N+](=O)[O-])C([N+](=O)[O-])([N+](=O)[O-])[N+](=O)[O-]. The third kappa shape index (κ3) is 1.58. The van der Waals surface area contributed by atoms with Gasteiger partial charge in [0, 0.05) is 0 Å². The van der Waals surface area contributed by atoms with Gasteiger partial charge >= 0.3 is 10.4 Å². The highest BCUT2D eigenvalue weighted by atomic mass is 79.9. The fraction of sp³-hybridized carbons (Fsp3) is 1.00. The van der Waals surface area contributed by atoms with Crippen LogP contribution in [0.25, 0.3) is 0 Å². The molecule has 0 rings (SSSR count). The second-order valence-electron chi connectivity index (χ2n) is 2.51. The highest BCUT2D eigenvalue weighted by Gasteiger charge is 3.02. The Morgan fingerprint density at radius 2 is 0.833 bits per heavy atom. The van der Waals surface area contributed by atoms with E-state index in [0.29, 0.717) is 0 Å². The van der Waals surface area contributed by atoms with E-state index in [9.17, 15) is 50.6 Å². The van der Waals surface area contributed by atoms with Gasteiger partial charge in [-0.05, 0) is 0 Å². The highest BCUT2D eigenvalue weighted by Crippen LogP contribution is 2.36. The summed E-state index contributed by atoms with van der Waals surface area (Å²) in [5.74, 6) is -4.92. The Morgan fingerprint density at radius 1 is 0.611 bits per heavy atom. The smallest absolute Gasteiger partial charge is 0.257 e. The van der Waals surface area contributed by atoms with Crippen LogP contribution in [0.4, 0.5) is 0 Å². The summed E-state index contributed by atoms with van der Waals surface area (Å²) in [7, 11) is 0. The Balaban J connectivity index is 6.60. The standard InChI is InChI=1S/C2BrN5O10/c3-1(4(9)10,5(11)12)2(6(13)14,7(15)16)8(17)18. The van der Waals surface area contributed by atoms with Gasteiger partial charge in [0.2, 0.25) is 0 Å². The third-order valence-electron chi connectivity index (χ3n) is 1.67. The minimum atomic E-state index is -4.92. The lowest BCUT2D eigenvalue weighted by Crippen LogP contribution is -2.72. The minimum Gasteiger partial charge on any atom is -0.257 e. The molecule has 100 valence electrons. The minimum absolute atomic E-state index is 1.52. The molecule has 0 aromatic rings. The van der Waals surface area contributed by atoms with E-state index >= 15 is 0 Å². The summed E-state index contributed by atoms with van der Waals surface area (Å²) < 4.78 is -4.46. The summed E-state index contributed by atoms with van der Waals surface area (Å²) in [6.45, 7) is 0. The number of hydrogen-bond donors (Lipinski definition) is 0. The fourth-order valence-corrected chi connectivity index (χ4v) is 1.29. The van der Waals surface area contributed by atoms with Crippen LogP contribution in [-0.2, 0) is 0 Å². The van der Waals surface area contributed by atoms with E-state index in [1.165, 1.54) is 15.9 Å². The Morgan fingerprint density at radius 3 is 0.889 bits per heavy atom. The maximum atomic E-state index is 10.4. The van der Waals surface area contributed by atoms with Gasteiger partial charge in [0.1, 0.15) is 25.8 Å². The lowest BCUT2D eigenvalue weighted by Gasteiger charge is -2.12. The number of halogens is 1. The van der Waals surface area contributed by atoms with Crippen molar-refractivity contribution in [3.05, 3.63) is 50.6 Å². The summed E-state index contributed by atoms with van der Waals surface area (Å²) in [4.78, 5) is 40.9. The van der Waals surface area contributed by atoms with E-state index in [1.807, 2.05) is 0 Å². The van der Waals surface area contributed by atoms with Gasteiger partial charge in [-0.1, -0.05) is 0 Å². The van der Waals surface area contributed by atoms with Crippen LogP contribution in [0, 0.1) is 50.6 Å². The van der Waals surface area contributed by atoms with Gasteiger partial charge in [0.25, 0.3) is 0 Å². The third-order valence-corrected chi connectivity index (χ3v) is 2.79. The topological polar surface area (TPSA) is 216 Å². The van der Waals surface area contributed by atoms with Gasteiger partial charge in [-0.25, -0.2) is 0 Å². The molecule has 0 aromatic carbocycles. The second-order valence-corrected chi connectivity index (χ2v) is 3.61. The molecular formula is C2BrN5O10. The Kier molecular flexibility index (Phi) is 3.78. The van der Waals surface area contributed by atoms with Crippen LogP contribution in [0.1, 0.15) is 0 Å². The fourth-order valence-electron chi connectivity index (χ4n) is 0.860. The van der Waals surface area contributed by atoms with Crippen molar-refractivity contribution in [1.29, 1.82) is 0 Å². The monoisotopic (exact) mass is 333 g/mol. The van der Waals surface area contributed by atoms with E-state index < -0.39 is 35.0 Å². The molecule has 0 unspecified atom stereocenters. The molecular weight excluding hydrogens is 334 g/mol. The number of hydrogen-bond acceptors (Lipinski definition) is 10. The highest BCUT2D eigenvalue weighted by molar-refractivity contribution is 9.09. The van der Waals surface area contributed by atoms with Crippen LogP contribution in [0.3, 0.4) is 0 Å². The molecule has 0 aromatic heterocycles. The first kappa shape index (κ1) is 15.5. The molecule has 0 aliphatic rings. The first-order valence-corrected chi connectivity index (χ1v) is 4.18. The van der Waals surface area contributed by atoms with Crippen LogP contribution in [0.5, 0.6) is 0 Å². The molecule has 0 amide bonds. The van der Waals surface area contributed by atoms with Crippen molar-refractivity contribution in [3.63, 3.8) is 0 Å². The second kappa shape index (κ2) is 4.39. The van der Waals surface area contributed by atoms with Crippen LogP contribution in [-0.4, -0.2) is 35.0 Å². The van der Waals surface area contributed by atoms with Gasteiger partial charge in [-0.3, -0.25) is 50.6 Å². The van der Waals surface area contributed by atoms with Gasteiger partial charge in [0.05, 0.1) is 0 Å². The average molecular weight is 334 g/mol. The van der Waals surface area contributed by atoms with Crippen LogP contribution < -0.4 is 0 Å². The molecule has 0 aliphatic heterocycles. The summed E-state index contributed by atoms with van der Waals surface area (Å²) in [6.07, 6.45) is 0. The van der Waals surface area contributed by atoms with E-state index in [1.54, 1.807) is 0 Å². The normalized spacial score (nSPS) is 11.6. The zero-order chi connectivity index (χ0) is 14.9. The van der Waals surface area contributed by atoms with E-state index in [2.05, 4.69) is 0 Å². The van der Waals surface area contributed by atoms with Crippen molar-refractivity contribution >= 4 is 15.9 Å². The zero-order valence-electron chi connectivity index (χ0n) is 7.70. The number of rotatable bonds is 6. The van der Waals surface area contributed by atoms with Crippen LogP contribution in [0.2, 0.25) is 0 Å².